The molecule has 9 heteroatoms. The van der Waals surface area contributed by atoms with Gasteiger partial charge in [0.2, 0.25) is 11.8 Å². The van der Waals surface area contributed by atoms with Crippen LogP contribution >= 0.6 is 34.8 Å². The molecule has 4 aromatic rings. The first-order valence-electron chi connectivity index (χ1n) is 13.0. The summed E-state index contributed by atoms with van der Waals surface area (Å²) < 4.78 is 5.84. The molecule has 1 aliphatic rings. The second kappa shape index (κ2) is 13.1. The van der Waals surface area contributed by atoms with E-state index in [1.54, 1.807) is 54.6 Å². The van der Waals surface area contributed by atoms with Crippen LogP contribution in [-0.2, 0) is 9.59 Å². The highest BCUT2D eigenvalue weighted by Gasteiger charge is 2.22. The number of hydrogen-bond donors (Lipinski definition) is 1. The lowest BCUT2D eigenvalue weighted by atomic mass is 10.2. The van der Waals surface area contributed by atoms with E-state index in [0.717, 1.165) is 11.3 Å². The second-order valence-electron chi connectivity index (χ2n) is 9.37. The molecule has 2 amide bonds. The highest BCUT2D eigenvalue weighted by Crippen LogP contribution is 2.32. The molecule has 1 N–H and O–H groups in total. The van der Waals surface area contributed by atoms with E-state index in [9.17, 15) is 9.59 Å². The molecule has 41 heavy (non-hydrogen) atoms. The van der Waals surface area contributed by atoms with Crippen molar-refractivity contribution in [3.05, 3.63) is 117 Å². The van der Waals surface area contributed by atoms with Gasteiger partial charge < -0.3 is 19.5 Å². The Morgan fingerprint density at radius 3 is 2.27 bits per heavy atom. The molecule has 208 valence electrons. The van der Waals surface area contributed by atoms with Gasteiger partial charge in [-0.1, -0.05) is 65.1 Å². The first-order chi connectivity index (χ1) is 19.9. The lowest BCUT2D eigenvalue weighted by molar-refractivity contribution is -0.126. The summed E-state index contributed by atoms with van der Waals surface area (Å²) in [5.41, 5.74) is 3.11. The molecule has 0 spiro atoms. The van der Waals surface area contributed by atoms with E-state index >= 15 is 0 Å². The van der Waals surface area contributed by atoms with Gasteiger partial charge in [-0.2, -0.15) is 0 Å². The number of piperazine rings is 1. The number of furan rings is 1. The van der Waals surface area contributed by atoms with E-state index in [-0.39, 0.29) is 11.8 Å². The number of amides is 2. The third-order valence-corrected chi connectivity index (χ3v) is 7.37. The minimum atomic E-state index is -0.337. The number of rotatable bonds is 7. The lowest BCUT2D eigenvalue weighted by Crippen LogP contribution is -2.48. The SMILES string of the molecule is O=C(/C=C/c1ccc(-c2ccc(Cl)cc2Cl)o1)Nc1cc(Cl)ccc1N1CCN(C(=O)/C=C/c2ccccc2)CC1. The van der Waals surface area contributed by atoms with Crippen molar-refractivity contribution in [2.24, 2.45) is 0 Å². The summed E-state index contributed by atoms with van der Waals surface area (Å²) in [7, 11) is 0. The van der Waals surface area contributed by atoms with Gasteiger partial charge in [-0.15, -0.1) is 0 Å². The molecular weight excluding hydrogens is 581 g/mol. The van der Waals surface area contributed by atoms with Crippen molar-refractivity contribution in [1.29, 1.82) is 0 Å². The van der Waals surface area contributed by atoms with Gasteiger partial charge >= 0.3 is 0 Å². The quantitative estimate of drug-likeness (QED) is 0.217. The highest BCUT2D eigenvalue weighted by molar-refractivity contribution is 6.36. The van der Waals surface area contributed by atoms with E-state index < -0.39 is 0 Å². The third kappa shape index (κ3) is 7.41. The fourth-order valence-electron chi connectivity index (χ4n) is 4.50. The topological polar surface area (TPSA) is 65.8 Å². The molecule has 6 nitrogen and oxygen atoms in total. The number of carbonyl (C=O) groups is 2. The van der Waals surface area contributed by atoms with E-state index in [1.807, 2.05) is 47.4 Å². The standard InChI is InChI=1S/C32H26Cl3N3O3/c33-23-7-11-26(27(35)20-23)30-13-9-25(41-30)10-14-31(39)36-28-21-24(34)8-12-29(28)37-16-18-38(19-17-37)32(40)15-6-22-4-2-1-3-5-22/h1-15,20-21H,16-19H2,(H,36,39)/b14-10+,15-6+. The maximum absolute atomic E-state index is 12.8. The molecule has 0 atom stereocenters. The molecule has 2 heterocycles. The molecule has 1 aliphatic heterocycles. The zero-order valence-corrected chi connectivity index (χ0v) is 24.2. The Kier molecular flexibility index (Phi) is 9.14. The first-order valence-corrected chi connectivity index (χ1v) is 14.1. The molecule has 0 aliphatic carbocycles. The van der Waals surface area contributed by atoms with Gasteiger partial charge in [0.25, 0.3) is 0 Å². The average Bonchev–Trinajstić information content (AvgIpc) is 3.44. The van der Waals surface area contributed by atoms with E-state index in [1.165, 1.54) is 6.08 Å². The number of halogens is 3. The van der Waals surface area contributed by atoms with Crippen LogP contribution in [0.15, 0.2) is 95.4 Å². The van der Waals surface area contributed by atoms with E-state index in [0.29, 0.717) is 64.0 Å². The maximum atomic E-state index is 12.8. The Hall–Kier alpha value is -3.97. The Labute approximate surface area is 253 Å². The number of nitrogens with zero attached hydrogens (tertiary/aromatic N) is 2. The zero-order valence-electron chi connectivity index (χ0n) is 21.9. The van der Waals surface area contributed by atoms with Gasteiger partial charge in [-0.25, -0.2) is 0 Å². The number of hydrogen-bond acceptors (Lipinski definition) is 4. The third-order valence-electron chi connectivity index (χ3n) is 6.59. The van der Waals surface area contributed by atoms with Gasteiger partial charge in [-0.3, -0.25) is 9.59 Å². The summed E-state index contributed by atoms with van der Waals surface area (Å²) >= 11 is 18.5. The molecule has 1 saturated heterocycles. The summed E-state index contributed by atoms with van der Waals surface area (Å²) in [6.07, 6.45) is 6.41. The zero-order chi connectivity index (χ0) is 28.8. The van der Waals surface area contributed by atoms with Crippen molar-refractivity contribution < 1.29 is 14.0 Å². The molecule has 0 radical (unpaired) electrons. The normalized spacial score (nSPS) is 13.7. The van der Waals surface area contributed by atoms with Crippen LogP contribution in [0.4, 0.5) is 11.4 Å². The maximum Gasteiger partial charge on any atom is 0.248 e. The van der Waals surface area contributed by atoms with Gasteiger partial charge in [0.05, 0.1) is 16.4 Å². The predicted octanol–water partition coefficient (Wildman–Crippen LogP) is 7.92. The number of benzene rings is 3. The highest BCUT2D eigenvalue weighted by atomic mass is 35.5. The van der Waals surface area contributed by atoms with Gasteiger partial charge in [0, 0.05) is 53.9 Å². The van der Waals surface area contributed by atoms with Crippen molar-refractivity contribution in [2.45, 2.75) is 0 Å². The van der Waals surface area contributed by atoms with Crippen molar-refractivity contribution in [1.82, 2.24) is 4.90 Å². The van der Waals surface area contributed by atoms with Gasteiger partial charge in [0.15, 0.2) is 0 Å². The smallest absolute Gasteiger partial charge is 0.248 e. The summed E-state index contributed by atoms with van der Waals surface area (Å²) in [4.78, 5) is 29.5. The summed E-state index contributed by atoms with van der Waals surface area (Å²) in [5, 5.41) is 4.44. The second-order valence-corrected chi connectivity index (χ2v) is 10.6. The van der Waals surface area contributed by atoms with Crippen LogP contribution in [-0.4, -0.2) is 42.9 Å². The fraction of sp³-hybridized carbons (Fsp3) is 0.125. The Morgan fingerprint density at radius 1 is 0.780 bits per heavy atom. The Balaban J connectivity index is 1.21. The molecule has 3 aromatic carbocycles. The molecule has 0 bridgehead atoms. The minimum absolute atomic E-state index is 0.0253. The van der Waals surface area contributed by atoms with Crippen molar-refractivity contribution in [3.63, 3.8) is 0 Å². The van der Waals surface area contributed by atoms with Crippen LogP contribution in [0.2, 0.25) is 15.1 Å². The number of carbonyl (C=O) groups excluding carboxylic acids is 2. The average molecular weight is 607 g/mol. The molecular formula is C32H26Cl3N3O3. The predicted molar refractivity (Wildman–Crippen MR) is 168 cm³/mol. The van der Waals surface area contributed by atoms with Crippen LogP contribution in [0.1, 0.15) is 11.3 Å². The number of nitrogens with one attached hydrogen (secondary N) is 1. The summed E-state index contributed by atoms with van der Waals surface area (Å²) in [6, 6.07) is 23.8. The van der Waals surface area contributed by atoms with Crippen LogP contribution in [0, 0.1) is 0 Å². The van der Waals surface area contributed by atoms with Gasteiger partial charge in [0.1, 0.15) is 11.5 Å². The van der Waals surface area contributed by atoms with Crippen molar-refractivity contribution in [3.8, 4) is 11.3 Å². The van der Waals surface area contributed by atoms with Crippen LogP contribution in [0.5, 0.6) is 0 Å². The van der Waals surface area contributed by atoms with Crippen LogP contribution < -0.4 is 10.2 Å². The summed E-state index contributed by atoms with van der Waals surface area (Å²) in [5.74, 6) is 0.699. The molecule has 0 unspecified atom stereocenters. The minimum Gasteiger partial charge on any atom is -0.457 e. The lowest BCUT2D eigenvalue weighted by Gasteiger charge is -2.36. The molecule has 0 saturated carbocycles. The Bertz CT molecular complexity index is 1610. The largest absolute Gasteiger partial charge is 0.457 e. The van der Waals surface area contributed by atoms with Crippen molar-refractivity contribution >= 4 is 70.1 Å². The van der Waals surface area contributed by atoms with Gasteiger partial charge in [-0.05, 0) is 66.2 Å². The van der Waals surface area contributed by atoms with E-state index in [4.69, 9.17) is 39.2 Å². The molecule has 5 rings (SSSR count). The van der Waals surface area contributed by atoms with E-state index in [2.05, 4.69) is 10.2 Å². The monoisotopic (exact) mass is 605 g/mol. The summed E-state index contributed by atoms with van der Waals surface area (Å²) in [6.45, 7) is 2.36. The van der Waals surface area contributed by atoms with Crippen LogP contribution in [0.3, 0.4) is 0 Å². The van der Waals surface area contributed by atoms with Crippen molar-refractivity contribution in [2.75, 3.05) is 36.4 Å². The Morgan fingerprint density at radius 2 is 1.51 bits per heavy atom. The first kappa shape index (κ1) is 28.6. The fourth-order valence-corrected chi connectivity index (χ4v) is 5.17. The number of anilines is 2. The molecule has 1 fully saturated rings. The van der Waals surface area contributed by atoms with Crippen LogP contribution in [0.25, 0.3) is 23.5 Å². The molecule has 1 aromatic heterocycles.